The third kappa shape index (κ3) is 2.35. The minimum Gasteiger partial charge on any atom is -0.398 e. The van der Waals surface area contributed by atoms with E-state index in [0.29, 0.717) is 29.4 Å². The highest BCUT2D eigenvalue weighted by Gasteiger charge is 2.31. The number of sulfonamides is 1. The Balaban J connectivity index is 2.09. The van der Waals surface area contributed by atoms with Crippen LogP contribution in [0.1, 0.15) is 5.56 Å². The van der Waals surface area contributed by atoms with Crippen molar-refractivity contribution in [2.75, 3.05) is 16.6 Å². The Labute approximate surface area is 133 Å². The Bertz CT molecular complexity index is 822. The van der Waals surface area contributed by atoms with E-state index < -0.39 is 10.0 Å². The van der Waals surface area contributed by atoms with Crippen LogP contribution < -0.4 is 10.0 Å². The summed E-state index contributed by atoms with van der Waals surface area (Å²) in [6.07, 6.45) is 0.600. The van der Waals surface area contributed by atoms with Crippen LogP contribution >= 0.6 is 23.2 Å². The van der Waals surface area contributed by atoms with Crippen molar-refractivity contribution in [1.29, 1.82) is 0 Å². The number of halogens is 2. The molecule has 0 aromatic heterocycles. The van der Waals surface area contributed by atoms with Crippen molar-refractivity contribution in [3.05, 3.63) is 52.0 Å². The van der Waals surface area contributed by atoms with Crippen LogP contribution in [0.25, 0.3) is 0 Å². The molecule has 0 unspecified atom stereocenters. The summed E-state index contributed by atoms with van der Waals surface area (Å²) in [5.74, 6) is 0. The molecule has 2 N–H and O–H groups in total. The van der Waals surface area contributed by atoms with Crippen LogP contribution in [0.5, 0.6) is 0 Å². The van der Waals surface area contributed by atoms with Gasteiger partial charge in [-0.3, -0.25) is 4.31 Å². The average molecular weight is 343 g/mol. The lowest BCUT2D eigenvalue weighted by Crippen LogP contribution is -2.29. The van der Waals surface area contributed by atoms with Gasteiger partial charge < -0.3 is 5.73 Å². The zero-order valence-corrected chi connectivity index (χ0v) is 13.2. The number of fused-ring (bicyclic) bond motifs is 1. The van der Waals surface area contributed by atoms with E-state index in [9.17, 15) is 8.42 Å². The summed E-state index contributed by atoms with van der Waals surface area (Å²) in [5.41, 5.74) is 8.00. The van der Waals surface area contributed by atoms with E-state index >= 15 is 0 Å². The number of nitrogens with two attached hydrogens (primary N) is 1. The Kier molecular flexibility index (Phi) is 3.51. The van der Waals surface area contributed by atoms with Gasteiger partial charge in [-0.2, -0.15) is 0 Å². The molecule has 0 atom stereocenters. The molecule has 1 heterocycles. The van der Waals surface area contributed by atoms with Crippen LogP contribution in [0.3, 0.4) is 0 Å². The minimum absolute atomic E-state index is 0.118. The molecule has 0 amide bonds. The first-order valence-electron chi connectivity index (χ1n) is 6.26. The maximum Gasteiger partial charge on any atom is 0.264 e. The highest BCUT2D eigenvalue weighted by atomic mass is 35.5. The fraction of sp³-hybridized carbons (Fsp3) is 0.143. The average Bonchev–Trinajstić information content (AvgIpc) is 2.88. The number of anilines is 2. The van der Waals surface area contributed by atoms with Gasteiger partial charge in [-0.05, 0) is 36.8 Å². The van der Waals surface area contributed by atoms with E-state index in [1.165, 1.54) is 22.5 Å². The molecule has 21 heavy (non-hydrogen) atoms. The number of nitrogen functional groups attached to an aromatic ring is 1. The van der Waals surface area contributed by atoms with Gasteiger partial charge in [0, 0.05) is 17.8 Å². The van der Waals surface area contributed by atoms with Crippen molar-refractivity contribution in [1.82, 2.24) is 0 Å². The summed E-state index contributed by atoms with van der Waals surface area (Å²) >= 11 is 11.8. The SMILES string of the molecule is Nc1cccc2c1CCN2S(=O)(=O)c1ccc(Cl)c(Cl)c1. The van der Waals surface area contributed by atoms with Crippen molar-refractivity contribution < 1.29 is 8.42 Å². The van der Waals surface area contributed by atoms with Crippen LogP contribution in [0, 0.1) is 0 Å². The molecule has 2 aromatic rings. The number of hydrogen-bond donors (Lipinski definition) is 1. The van der Waals surface area contributed by atoms with Gasteiger partial charge in [0.2, 0.25) is 0 Å². The third-order valence-electron chi connectivity index (χ3n) is 3.50. The molecular weight excluding hydrogens is 331 g/mol. The molecule has 0 aliphatic carbocycles. The van der Waals surface area contributed by atoms with Gasteiger partial charge in [-0.25, -0.2) is 8.42 Å². The fourth-order valence-corrected chi connectivity index (χ4v) is 4.33. The van der Waals surface area contributed by atoms with Crippen LogP contribution in [-0.4, -0.2) is 15.0 Å². The highest BCUT2D eigenvalue weighted by Crippen LogP contribution is 2.36. The van der Waals surface area contributed by atoms with E-state index in [-0.39, 0.29) is 9.92 Å². The second-order valence-electron chi connectivity index (χ2n) is 4.75. The molecule has 0 saturated carbocycles. The summed E-state index contributed by atoms with van der Waals surface area (Å²) in [4.78, 5) is 0.118. The van der Waals surface area contributed by atoms with Crippen molar-refractivity contribution >= 4 is 44.6 Å². The molecule has 1 aliphatic heterocycles. The smallest absolute Gasteiger partial charge is 0.264 e. The zero-order chi connectivity index (χ0) is 15.2. The molecule has 7 heteroatoms. The molecule has 110 valence electrons. The molecule has 0 radical (unpaired) electrons. The second-order valence-corrected chi connectivity index (χ2v) is 7.42. The molecule has 3 rings (SSSR count). The lowest BCUT2D eigenvalue weighted by atomic mass is 10.1. The summed E-state index contributed by atoms with van der Waals surface area (Å²) in [5, 5.41) is 0.534. The maximum absolute atomic E-state index is 12.8. The van der Waals surface area contributed by atoms with Crippen LogP contribution in [-0.2, 0) is 16.4 Å². The number of rotatable bonds is 2. The van der Waals surface area contributed by atoms with Gasteiger partial charge in [0.05, 0.1) is 20.6 Å². The van der Waals surface area contributed by atoms with Crippen molar-refractivity contribution in [3.63, 3.8) is 0 Å². The predicted molar refractivity (Wildman–Crippen MR) is 85.6 cm³/mol. The summed E-state index contributed by atoms with van der Waals surface area (Å²) in [6, 6.07) is 9.57. The van der Waals surface area contributed by atoms with Gasteiger partial charge in [0.1, 0.15) is 0 Å². The summed E-state index contributed by atoms with van der Waals surface area (Å²) in [6.45, 7) is 0.367. The van der Waals surface area contributed by atoms with Crippen LogP contribution in [0.15, 0.2) is 41.3 Å². The second kappa shape index (κ2) is 5.09. The standard InChI is InChI=1S/C14H12Cl2N2O2S/c15-11-5-4-9(8-12(11)16)21(19,20)18-7-6-10-13(17)2-1-3-14(10)18/h1-5,8H,6-7,17H2. The normalized spacial score (nSPS) is 14.3. The van der Waals surface area contributed by atoms with E-state index in [4.69, 9.17) is 28.9 Å². The van der Waals surface area contributed by atoms with Gasteiger partial charge in [0.15, 0.2) is 0 Å². The summed E-state index contributed by atoms with van der Waals surface area (Å²) in [7, 11) is -3.67. The van der Waals surface area contributed by atoms with Crippen LogP contribution in [0.4, 0.5) is 11.4 Å². The Morgan fingerprint density at radius 3 is 2.57 bits per heavy atom. The molecule has 0 bridgehead atoms. The molecule has 2 aromatic carbocycles. The minimum atomic E-state index is -3.67. The Morgan fingerprint density at radius 1 is 1.10 bits per heavy atom. The maximum atomic E-state index is 12.8. The quantitative estimate of drug-likeness (QED) is 0.851. The predicted octanol–water partition coefficient (Wildman–Crippen LogP) is 3.33. The lowest BCUT2D eigenvalue weighted by molar-refractivity contribution is 0.592. The molecule has 0 spiro atoms. The van der Waals surface area contributed by atoms with E-state index in [1.807, 2.05) is 0 Å². The largest absolute Gasteiger partial charge is 0.398 e. The van der Waals surface area contributed by atoms with Crippen molar-refractivity contribution in [2.45, 2.75) is 11.3 Å². The van der Waals surface area contributed by atoms with Gasteiger partial charge in [0.25, 0.3) is 10.0 Å². The monoisotopic (exact) mass is 342 g/mol. The number of nitrogens with zero attached hydrogens (tertiary/aromatic N) is 1. The van der Waals surface area contributed by atoms with Crippen LogP contribution in [0.2, 0.25) is 10.0 Å². The Morgan fingerprint density at radius 2 is 1.86 bits per heavy atom. The van der Waals surface area contributed by atoms with Crippen molar-refractivity contribution in [3.8, 4) is 0 Å². The third-order valence-corrected chi connectivity index (χ3v) is 6.05. The van der Waals surface area contributed by atoms with Gasteiger partial charge >= 0.3 is 0 Å². The molecule has 1 aliphatic rings. The van der Waals surface area contributed by atoms with E-state index in [2.05, 4.69) is 0 Å². The van der Waals surface area contributed by atoms with E-state index in [1.54, 1.807) is 18.2 Å². The van der Waals surface area contributed by atoms with Crippen molar-refractivity contribution in [2.24, 2.45) is 0 Å². The van der Waals surface area contributed by atoms with Gasteiger partial charge in [-0.1, -0.05) is 29.3 Å². The topological polar surface area (TPSA) is 63.4 Å². The number of benzene rings is 2. The molecular formula is C14H12Cl2N2O2S. The first-order valence-corrected chi connectivity index (χ1v) is 8.46. The van der Waals surface area contributed by atoms with E-state index in [0.717, 1.165) is 5.56 Å². The molecule has 0 fully saturated rings. The lowest BCUT2D eigenvalue weighted by Gasteiger charge is -2.20. The first-order chi connectivity index (χ1) is 9.91. The zero-order valence-electron chi connectivity index (χ0n) is 10.9. The fourth-order valence-electron chi connectivity index (χ4n) is 2.45. The number of hydrogen-bond acceptors (Lipinski definition) is 3. The summed E-state index contributed by atoms with van der Waals surface area (Å²) < 4.78 is 26.9. The molecule has 0 saturated heterocycles. The first kappa shape index (κ1) is 14.5. The van der Waals surface area contributed by atoms with Gasteiger partial charge in [-0.15, -0.1) is 0 Å². The highest BCUT2D eigenvalue weighted by molar-refractivity contribution is 7.92. The molecule has 4 nitrogen and oxygen atoms in total. The Hall–Kier alpha value is -1.43.